The van der Waals surface area contributed by atoms with Crippen molar-refractivity contribution in [2.75, 3.05) is 37.6 Å². The number of rotatable bonds is 5. The van der Waals surface area contributed by atoms with Crippen molar-refractivity contribution in [3.8, 4) is 0 Å². The van der Waals surface area contributed by atoms with Gasteiger partial charge < -0.3 is 19.8 Å². The van der Waals surface area contributed by atoms with Crippen LogP contribution in [0.1, 0.15) is 32.1 Å². The lowest BCUT2D eigenvalue weighted by molar-refractivity contribution is -0.152. The van der Waals surface area contributed by atoms with Crippen LogP contribution in [0, 0.1) is 0 Å². The predicted molar refractivity (Wildman–Crippen MR) is 101 cm³/mol. The van der Waals surface area contributed by atoms with E-state index in [0.29, 0.717) is 26.1 Å². The molecule has 2 aliphatic rings. The smallest absolute Gasteiger partial charge is 0.326 e. The van der Waals surface area contributed by atoms with E-state index in [2.05, 4.69) is 17.0 Å². The Hall–Kier alpha value is -2.57. The normalized spacial score (nSPS) is 20.4. The van der Waals surface area contributed by atoms with Crippen LogP contribution in [-0.4, -0.2) is 71.5 Å². The fourth-order valence-electron chi connectivity index (χ4n) is 3.86. The lowest BCUT2D eigenvalue weighted by atomic mass is 10.0. The second kappa shape index (κ2) is 8.88. The summed E-state index contributed by atoms with van der Waals surface area (Å²) < 4.78 is 0. The maximum Gasteiger partial charge on any atom is 0.326 e. The van der Waals surface area contributed by atoms with Gasteiger partial charge in [0.05, 0.1) is 0 Å². The Morgan fingerprint density at radius 2 is 1.56 bits per heavy atom. The molecule has 0 aliphatic carbocycles. The largest absolute Gasteiger partial charge is 0.480 e. The summed E-state index contributed by atoms with van der Waals surface area (Å²) in [6, 6.07) is 9.38. The average Bonchev–Trinajstić information content (AvgIpc) is 2.72. The number of nitrogens with zero attached hydrogens (tertiary/aromatic N) is 3. The van der Waals surface area contributed by atoms with E-state index in [1.165, 1.54) is 4.90 Å². The highest BCUT2D eigenvalue weighted by atomic mass is 16.4. The van der Waals surface area contributed by atoms with Gasteiger partial charge in [0.15, 0.2) is 0 Å². The highest BCUT2D eigenvalue weighted by molar-refractivity contribution is 5.87. The first-order valence-corrected chi connectivity index (χ1v) is 9.66. The number of hydrogen-bond acceptors (Lipinski definition) is 4. The molecule has 1 aromatic carbocycles. The summed E-state index contributed by atoms with van der Waals surface area (Å²) in [5.74, 6) is -1.20. The molecule has 146 valence electrons. The number of piperazine rings is 1. The second-order valence-electron chi connectivity index (χ2n) is 7.14. The molecule has 0 spiro atoms. The fourth-order valence-corrected chi connectivity index (χ4v) is 3.86. The summed E-state index contributed by atoms with van der Waals surface area (Å²) in [6.07, 6.45) is 2.38. The zero-order valence-corrected chi connectivity index (χ0v) is 15.5. The Bertz CT molecular complexity index is 671. The Balaban J connectivity index is 1.45. The highest BCUT2D eigenvalue weighted by Gasteiger charge is 2.32. The maximum absolute atomic E-state index is 12.5. The Morgan fingerprint density at radius 1 is 0.889 bits per heavy atom. The molecule has 1 aromatic rings. The van der Waals surface area contributed by atoms with Gasteiger partial charge in [-0.3, -0.25) is 9.59 Å². The lowest BCUT2D eigenvalue weighted by Gasteiger charge is -2.36. The van der Waals surface area contributed by atoms with E-state index in [0.717, 1.165) is 31.6 Å². The van der Waals surface area contributed by atoms with Gasteiger partial charge in [-0.15, -0.1) is 0 Å². The van der Waals surface area contributed by atoms with Gasteiger partial charge in [-0.25, -0.2) is 4.79 Å². The molecule has 27 heavy (non-hydrogen) atoms. The molecule has 0 saturated carbocycles. The number of carboxylic acid groups (broad SMARTS) is 1. The van der Waals surface area contributed by atoms with Crippen molar-refractivity contribution in [2.45, 2.75) is 38.1 Å². The third-order valence-electron chi connectivity index (χ3n) is 5.41. The molecule has 0 aromatic heterocycles. The summed E-state index contributed by atoms with van der Waals surface area (Å²) in [6.45, 7) is 3.31. The van der Waals surface area contributed by atoms with E-state index in [-0.39, 0.29) is 24.7 Å². The number of para-hydroxylation sites is 1. The van der Waals surface area contributed by atoms with Gasteiger partial charge in [0.2, 0.25) is 11.8 Å². The predicted octanol–water partition coefficient (Wildman–Crippen LogP) is 1.58. The van der Waals surface area contributed by atoms with E-state index in [9.17, 15) is 19.5 Å². The van der Waals surface area contributed by atoms with Gasteiger partial charge in [-0.05, 0) is 31.4 Å². The molecule has 7 nitrogen and oxygen atoms in total. The minimum atomic E-state index is -0.952. The van der Waals surface area contributed by atoms with E-state index in [4.69, 9.17) is 0 Å². The number of carbonyl (C=O) groups excluding carboxylic acids is 2. The monoisotopic (exact) mass is 373 g/mol. The Labute approximate surface area is 159 Å². The standard InChI is InChI=1S/C20H27N3O4/c24-18(9-10-19(25)23-11-5-4-8-17(23)20(26)27)22-14-12-21(13-15-22)16-6-2-1-3-7-16/h1-3,6-7,17H,4-5,8-15H2,(H,26,27). The summed E-state index contributed by atoms with van der Waals surface area (Å²) in [4.78, 5) is 41.7. The molecule has 0 bridgehead atoms. The van der Waals surface area contributed by atoms with Gasteiger partial charge in [-0.1, -0.05) is 18.2 Å². The molecule has 1 unspecified atom stereocenters. The third-order valence-corrected chi connectivity index (χ3v) is 5.41. The Kier molecular flexibility index (Phi) is 6.32. The Morgan fingerprint density at radius 3 is 2.22 bits per heavy atom. The van der Waals surface area contributed by atoms with Crippen molar-refractivity contribution in [3.05, 3.63) is 30.3 Å². The van der Waals surface area contributed by atoms with Crippen LogP contribution in [0.5, 0.6) is 0 Å². The van der Waals surface area contributed by atoms with Gasteiger partial charge in [0.1, 0.15) is 6.04 Å². The lowest BCUT2D eigenvalue weighted by Crippen LogP contribution is -2.50. The van der Waals surface area contributed by atoms with Crippen LogP contribution >= 0.6 is 0 Å². The van der Waals surface area contributed by atoms with Crippen LogP contribution in [0.2, 0.25) is 0 Å². The topological polar surface area (TPSA) is 81.2 Å². The van der Waals surface area contributed by atoms with Crippen LogP contribution in [0.4, 0.5) is 5.69 Å². The summed E-state index contributed by atoms with van der Waals surface area (Å²) in [5.41, 5.74) is 1.16. The molecule has 7 heteroatoms. The molecule has 1 N–H and O–H groups in total. The number of likely N-dealkylation sites (tertiary alicyclic amines) is 1. The number of anilines is 1. The van der Waals surface area contributed by atoms with Crippen LogP contribution in [0.3, 0.4) is 0 Å². The molecule has 2 saturated heterocycles. The zero-order valence-electron chi connectivity index (χ0n) is 15.5. The van der Waals surface area contributed by atoms with Crippen molar-refractivity contribution in [3.63, 3.8) is 0 Å². The van der Waals surface area contributed by atoms with E-state index in [1.807, 2.05) is 18.2 Å². The number of hydrogen-bond donors (Lipinski definition) is 1. The second-order valence-corrected chi connectivity index (χ2v) is 7.14. The molecule has 2 heterocycles. The zero-order chi connectivity index (χ0) is 19.2. The molecular formula is C20H27N3O4. The van der Waals surface area contributed by atoms with Crippen molar-refractivity contribution in [1.82, 2.24) is 9.80 Å². The molecule has 2 amide bonds. The first-order valence-electron chi connectivity index (χ1n) is 9.66. The van der Waals surface area contributed by atoms with Crippen LogP contribution in [0.15, 0.2) is 30.3 Å². The third kappa shape index (κ3) is 4.78. The van der Waals surface area contributed by atoms with Gasteiger partial charge in [0.25, 0.3) is 0 Å². The van der Waals surface area contributed by atoms with Gasteiger partial charge in [-0.2, -0.15) is 0 Å². The molecular weight excluding hydrogens is 346 g/mol. The minimum Gasteiger partial charge on any atom is -0.480 e. The molecule has 2 aliphatic heterocycles. The quantitative estimate of drug-likeness (QED) is 0.848. The molecule has 3 rings (SSSR count). The maximum atomic E-state index is 12.5. The van der Waals surface area contributed by atoms with Crippen LogP contribution in [-0.2, 0) is 14.4 Å². The molecule has 1 atom stereocenters. The number of carbonyl (C=O) groups is 3. The van der Waals surface area contributed by atoms with E-state index < -0.39 is 12.0 Å². The number of benzene rings is 1. The van der Waals surface area contributed by atoms with Gasteiger partial charge in [0, 0.05) is 51.3 Å². The number of carboxylic acids is 1. The van der Waals surface area contributed by atoms with Crippen molar-refractivity contribution >= 4 is 23.5 Å². The SMILES string of the molecule is O=C(O)C1CCCCN1C(=O)CCC(=O)N1CCN(c2ccccc2)CC1. The van der Waals surface area contributed by atoms with Gasteiger partial charge >= 0.3 is 5.97 Å². The average molecular weight is 373 g/mol. The summed E-state index contributed by atoms with van der Waals surface area (Å²) in [7, 11) is 0. The van der Waals surface area contributed by atoms with Crippen LogP contribution in [0.25, 0.3) is 0 Å². The summed E-state index contributed by atoms with van der Waals surface area (Å²) in [5, 5.41) is 9.28. The van der Waals surface area contributed by atoms with E-state index >= 15 is 0 Å². The summed E-state index contributed by atoms with van der Waals surface area (Å²) >= 11 is 0. The molecule has 0 radical (unpaired) electrons. The minimum absolute atomic E-state index is 0.0278. The van der Waals surface area contributed by atoms with Crippen molar-refractivity contribution in [1.29, 1.82) is 0 Å². The van der Waals surface area contributed by atoms with E-state index in [1.54, 1.807) is 4.90 Å². The highest BCUT2D eigenvalue weighted by Crippen LogP contribution is 2.19. The van der Waals surface area contributed by atoms with Crippen LogP contribution < -0.4 is 4.90 Å². The first kappa shape index (κ1) is 19.2. The van der Waals surface area contributed by atoms with Crippen molar-refractivity contribution in [2.24, 2.45) is 0 Å². The molecule has 2 fully saturated rings. The number of piperidine rings is 1. The number of amides is 2. The fraction of sp³-hybridized carbons (Fsp3) is 0.550. The number of aliphatic carboxylic acids is 1. The van der Waals surface area contributed by atoms with Crippen molar-refractivity contribution < 1.29 is 19.5 Å². The first-order chi connectivity index (χ1) is 13.1.